The van der Waals surface area contributed by atoms with Crippen LogP contribution in [0.1, 0.15) is 31.4 Å². The van der Waals surface area contributed by atoms with Gasteiger partial charge in [-0.3, -0.25) is 10.0 Å². The fourth-order valence-corrected chi connectivity index (χ4v) is 4.68. The Morgan fingerprint density at radius 1 is 1.08 bits per heavy atom. The molecule has 2 heterocycles. The van der Waals surface area contributed by atoms with Crippen LogP contribution < -0.4 is 14.4 Å². The molecule has 0 spiro atoms. The highest BCUT2D eigenvalue weighted by molar-refractivity contribution is 6.33. The lowest BCUT2D eigenvalue weighted by Crippen LogP contribution is -2.44. The number of imide groups is 1. The van der Waals surface area contributed by atoms with Crippen molar-refractivity contribution in [2.75, 3.05) is 18.1 Å². The Balaban J connectivity index is 1.42. The topological polar surface area (TPSA) is 97.8 Å². The summed E-state index contributed by atoms with van der Waals surface area (Å²) in [6.07, 6.45) is 3.52. The smallest absolute Gasteiger partial charge is 0.332 e. The predicted molar refractivity (Wildman–Crippen MR) is 139 cm³/mol. The summed E-state index contributed by atoms with van der Waals surface area (Å²) in [5.41, 5.74) is 1.84. The lowest BCUT2D eigenvalue weighted by atomic mass is 10.0. The molecule has 1 fully saturated rings. The average molecular weight is 540 g/mol. The van der Waals surface area contributed by atoms with Gasteiger partial charge in [0.2, 0.25) is 12.4 Å². The van der Waals surface area contributed by atoms with Crippen molar-refractivity contribution in [3.05, 3.63) is 76.0 Å². The number of amides is 3. The van der Waals surface area contributed by atoms with E-state index in [0.717, 1.165) is 20.8 Å². The second-order valence-electron chi connectivity index (χ2n) is 9.13. The Hall–Kier alpha value is -3.80. The van der Waals surface area contributed by atoms with Crippen LogP contribution in [0.3, 0.4) is 0 Å². The Labute approximate surface area is 224 Å². The molecule has 1 aromatic heterocycles. The van der Waals surface area contributed by atoms with Crippen LogP contribution in [0.2, 0.25) is 10.0 Å². The molecule has 1 aliphatic heterocycles. The first kappa shape index (κ1) is 26.3. The minimum atomic E-state index is -1.06. The number of carbonyl (C=O) groups excluding carboxylic acids is 2. The molecule has 1 saturated heterocycles. The fourth-order valence-electron chi connectivity index (χ4n) is 4.24. The first-order valence-electron chi connectivity index (χ1n) is 11.5. The van der Waals surface area contributed by atoms with Gasteiger partial charge in [0.1, 0.15) is 17.4 Å². The lowest BCUT2D eigenvalue weighted by molar-refractivity contribution is -0.904. The molecular formula is C27H25Cl2N4O4+. The zero-order valence-corrected chi connectivity index (χ0v) is 22.0. The van der Waals surface area contributed by atoms with Crippen molar-refractivity contribution in [3.63, 3.8) is 0 Å². The molecule has 1 aliphatic rings. The summed E-state index contributed by atoms with van der Waals surface area (Å²) in [6.45, 7) is 5.65. The summed E-state index contributed by atoms with van der Waals surface area (Å²) in [6, 6.07) is 13.6. The molecule has 8 nitrogen and oxygen atoms in total. The number of pyridine rings is 1. The normalized spacial score (nSPS) is 14.7. The van der Waals surface area contributed by atoms with Gasteiger partial charge in [-0.25, -0.2) is 9.69 Å². The highest BCUT2D eigenvalue weighted by Gasteiger charge is 2.51. The molecule has 0 unspecified atom stereocenters. The molecule has 0 bridgehead atoms. The fraction of sp³-hybridized carbons (Fsp3) is 0.259. The zero-order valence-electron chi connectivity index (χ0n) is 20.5. The Bertz CT molecular complexity index is 1420. The number of benzene rings is 2. The maximum atomic E-state index is 13.3. The summed E-state index contributed by atoms with van der Waals surface area (Å²) in [4.78, 5) is 29.2. The van der Waals surface area contributed by atoms with Gasteiger partial charge in [-0.1, -0.05) is 29.3 Å². The van der Waals surface area contributed by atoms with Gasteiger partial charge in [0.15, 0.2) is 0 Å². The zero-order chi connectivity index (χ0) is 26.9. The molecule has 2 aromatic carbocycles. The third-order valence-electron chi connectivity index (χ3n) is 6.41. The number of halogens is 2. The van der Waals surface area contributed by atoms with Crippen LogP contribution in [-0.4, -0.2) is 40.7 Å². The predicted octanol–water partition coefficient (Wildman–Crippen LogP) is 5.38. The number of anilines is 1. The maximum absolute atomic E-state index is 13.3. The summed E-state index contributed by atoms with van der Waals surface area (Å²) >= 11 is 12.7. The van der Waals surface area contributed by atoms with E-state index in [1.165, 1.54) is 23.4 Å². The van der Waals surface area contributed by atoms with Crippen molar-refractivity contribution in [1.29, 1.82) is 5.26 Å². The van der Waals surface area contributed by atoms with Crippen LogP contribution >= 0.6 is 23.2 Å². The molecule has 0 atom stereocenters. The van der Waals surface area contributed by atoms with E-state index in [2.05, 4.69) is 0 Å². The Morgan fingerprint density at radius 3 is 2.43 bits per heavy atom. The van der Waals surface area contributed by atoms with Crippen LogP contribution in [0.25, 0.3) is 11.1 Å². The van der Waals surface area contributed by atoms with Crippen LogP contribution in [0.4, 0.5) is 10.5 Å². The standard InChI is InChI=1S/C27H25Cl2N4O4/c1-17-22(7-5-20(16-30)24(17)29)33-25(34)27(2,3)32(26(33)35)11-4-14-37-23-8-6-19(15-21(23)28)18-9-12-31(36)13-10-18/h5-10,12-13,15,36H,4,11,14H2,1-3H3/q+1. The number of aromatic nitrogens is 1. The summed E-state index contributed by atoms with van der Waals surface area (Å²) < 4.78 is 6.81. The third-order valence-corrected chi connectivity index (χ3v) is 7.19. The number of ether oxygens (including phenoxy) is 1. The Kier molecular flexibility index (Phi) is 7.30. The highest BCUT2D eigenvalue weighted by atomic mass is 35.5. The second-order valence-corrected chi connectivity index (χ2v) is 9.92. The first-order valence-corrected chi connectivity index (χ1v) is 12.3. The van der Waals surface area contributed by atoms with Crippen LogP contribution in [0.5, 0.6) is 5.75 Å². The average Bonchev–Trinajstić information content (AvgIpc) is 3.03. The van der Waals surface area contributed by atoms with E-state index in [1.54, 1.807) is 51.1 Å². The van der Waals surface area contributed by atoms with Gasteiger partial charge in [0, 0.05) is 23.4 Å². The van der Waals surface area contributed by atoms with E-state index in [4.69, 9.17) is 27.9 Å². The van der Waals surface area contributed by atoms with Crippen molar-refractivity contribution in [3.8, 4) is 22.9 Å². The summed E-state index contributed by atoms with van der Waals surface area (Å²) in [7, 11) is 0. The minimum Gasteiger partial charge on any atom is -0.492 e. The van der Waals surface area contributed by atoms with Gasteiger partial charge in [-0.2, -0.15) is 5.26 Å². The highest BCUT2D eigenvalue weighted by Crippen LogP contribution is 2.37. The van der Waals surface area contributed by atoms with Crippen LogP contribution in [0, 0.1) is 18.3 Å². The number of rotatable bonds is 7. The number of carbonyl (C=O) groups is 2. The molecule has 37 heavy (non-hydrogen) atoms. The van der Waals surface area contributed by atoms with E-state index in [9.17, 15) is 20.1 Å². The van der Waals surface area contributed by atoms with Gasteiger partial charge in [0.05, 0.1) is 27.9 Å². The molecule has 3 aromatic rings. The van der Waals surface area contributed by atoms with Crippen LogP contribution in [-0.2, 0) is 4.79 Å². The van der Waals surface area contributed by atoms with E-state index >= 15 is 0 Å². The van der Waals surface area contributed by atoms with Gasteiger partial charge in [-0.05, 0) is 68.1 Å². The summed E-state index contributed by atoms with van der Waals surface area (Å²) in [5.74, 6) is 0.139. The quantitative estimate of drug-likeness (QED) is 0.188. The number of nitriles is 1. The molecule has 1 N–H and O–H groups in total. The Morgan fingerprint density at radius 2 is 1.78 bits per heavy atom. The number of hydrogen-bond donors (Lipinski definition) is 1. The van der Waals surface area contributed by atoms with Crippen molar-refractivity contribution < 1.29 is 24.3 Å². The molecule has 3 amide bonds. The second kappa shape index (κ2) is 10.3. The molecule has 190 valence electrons. The molecule has 0 saturated carbocycles. The van der Waals surface area contributed by atoms with E-state index < -0.39 is 11.6 Å². The van der Waals surface area contributed by atoms with E-state index in [1.807, 2.05) is 12.1 Å². The van der Waals surface area contributed by atoms with Gasteiger partial charge in [0.25, 0.3) is 5.91 Å². The van der Waals surface area contributed by atoms with E-state index in [-0.39, 0.29) is 29.6 Å². The van der Waals surface area contributed by atoms with Crippen molar-refractivity contribution in [1.82, 2.24) is 4.90 Å². The minimum absolute atomic E-state index is 0.220. The van der Waals surface area contributed by atoms with Gasteiger partial charge < -0.3 is 9.64 Å². The molecule has 0 aliphatic carbocycles. The van der Waals surface area contributed by atoms with Gasteiger partial charge in [-0.15, -0.1) is 0 Å². The monoisotopic (exact) mass is 539 g/mol. The number of urea groups is 1. The van der Waals surface area contributed by atoms with Crippen molar-refractivity contribution in [2.24, 2.45) is 0 Å². The molecule has 0 radical (unpaired) electrons. The maximum Gasteiger partial charge on any atom is 0.332 e. The van der Waals surface area contributed by atoms with Crippen molar-refractivity contribution >= 4 is 40.8 Å². The van der Waals surface area contributed by atoms with Crippen LogP contribution in [0.15, 0.2) is 54.9 Å². The number of hydrogen-bond acceptors (Lipinski definition) is 5. The lowest BCUT2D eigenvalue weighted by Gasteiger charge is -2.27. The largest absolute Gasteiger partial charge is 0.492 e. The number of nitrogens with zero attached hydrogens (tertiary/aromatic N) is 4. The van der Waals surface area contributed by atoms with Crippen molar-refractivity contribution in [2.45, 2.75) is 32.7 Å². The third kappa shape index (κ3) is 4.93. The van der Waals surface area contributed by atoms with Gasteiger partial charge >= 0.3 is 6.03 Å². The molecule has 4 rings (SSSR count). The molecule has 10 heteroatoms. The van der Waals surface area contributed by atoms with E-state index in [0.29, 0.717) is 28.4 Å². The molecular weight excluding hydrogens is 515 g/mol. The SMILES string of the molecule is Cc1c(N2C(=O)N(CCCOc3ccc(-c4cc[n+](O)cc4)cc3Cl)C(C)(C)C2=O)ccc(C#N)c1Cl. The summed E-state index contributed by atoms with van der Waals surface area (Å²) in [5, 5.41) is 19.2. The first-order chi connectivity index (χ1) is 17.6.